The molecule has 0 fully saturated rings. The monoisotopic (exact) mass is 199 g/mol. The van der Waals surface area contributed by atoms with E-state index in [0.29, 0.717) is 5.69 Å². The van der Waals surface area contributed by atoms with Crippen molar-refractivity contribution in [3.05, 3.63) is 42.4 Å². The highest BCUT2D eigenvalue weighted by Gasteiger charge is 2.05. The van der Waals surface area contributed by atoms with E-state index in [1.807, 2.05) is 37.3 Å². The predicted octanol–water partition coefficient (Wildman–Crippen LogP) is 2.29. The van der Waals surface area contributed by atoms with Crippen LogP contribution in [0.2, 0.25) is 0 Å². The molecule has 2 N–H and O–H groups in total. The molecule has 3 heteroatoms. The Morgan fingerprint density at radius 2 is 1.93 bits per heavy atom. The van der Waals surface area contributed by atoms with E-state index in [4.69, 9.17) is 5.73 Å². The van der Waals surface area contributed by atoms with Crippen LogP contribution < -0.4 is 5.73 Å². The minimum absolute atomic E-state index is 0.624. The zero-order valence-electron chi connectivity index (χ0n) is 8.64. The van der Waals surface area contributed by atoms with Gasteiger partial charge in [0, 0.05) is 12.0 Å². The molecule has 0 atom stereocenters. The molecule has 0 amide bonds. The van der Waals surface area contributed by atoms with E-state index in [2.05, 4.69) is 9.97 Å². The molecule has 0 spiro atoms. The first-order valence-electron chi connectivity index (χ1n) is 4.98. The van der Waals surface area contributed by atoms with E-state index in [9.17, 15) is 0 Å². The topological polar surface area (TPSA) is 51.8 Å². The fourth-order valence-electron chi connectivity index (χ4n) is 1.43. The van der Waals surface area contributed by atoms with Crippen molar-refractivity contribution < 1.29 is 0 Å². The van der Waals surface area contributed by atoms with E-state index < -0.39 is 0 Å². The molecule has 1 aromatic heterocycles. The van der Waals surface area contributed by atoms with E-state index >= 15 is 0 Å². The van der Waals surface area contributed by atoms with Gasteiger partial charge in [-0.2, -0.15) is 0 Å². The van der Waals surface area contributed by atoms with Crippen LogP contribution >= 0.6 is 0 Å². The minimum atomic E-state index is 0.624. The molecule has 76 valence electrons. The third-order valence-corrected chi connectivity index (χ3v) is 2.23. The number of hydrogen-bond acceptors (Lipinski definition) is 3. The SMILES string of the molecule is CCc1ncc(N)c(-c2ccccc2)n1. The summed E-state index contributed by atoms with van der Waals surface area (Å²) in [5.41, 5.74) is 8.33. The number of hydrogen-bond donors (Lipinski definition) is 1. The van der Waals surface area contributed by atoms with Gasteiger partial charge in [-0.3, -0.25) is 0 Å². The Kier molecular flexibility index (Phi) is 2.63. The molecule has 1 aromatic carbocycles. The van der Waals surface area contributed by atoms with E-state index in [0.717, 1.165) is 23.5 Å². The van der Waals surface area contributed by atoms with E-state index in [-0.39, 0.29) is 0 Å². The van der Waals surface area contributed by atoms with Gasteiger partial charge in [0.1, 0.15) is 5.82 Å². The molecule has 2 aromatic rings. The van der Waals surface area contributed by atoms with Gasteiger partial charge in [0.2, 0.25) is 0 Å². The highest BCUT2D eigenvalue weighted by atomic mass is 14.9. The van der Waals surface area contributed by atoms with Crippen molar-refractivity contribution in [2.45, 2.75) is 13.3 Å². The summed E-state index contributed by atoms with van der Waals surface area (Å²) in [4.78, 5) is 8.57. The number of nitrogens with zero attached hydrogens (tertiary/aromatic N) is 2. The van der Waals surface area contributed by atoms with Gasteiger partial charge in [-0.25, -0.2) is 9.97 Å². The number of aromatic nitrogens is 2. The minimum Gasteiger partial charge on any atom is -0.396 e. The summed E-state index contributed by atoms with van der Waals surface area (Å²) in [5, 5.41) is 0. The van der Waals surface area contributed by atoms with E-state index in [1.165, 1.54) is 0 Å². The molecule has 2 rings (SSSR count). The molecule has 15 heavy (non-hydrogen) atoms. The van der Waals surface area contributed by atoms with Gasteiger partial charge in [-0.15, -0.1) is 0 Å². The van der Waals surface area contributed by atoms with Crippen LogP contribution in [0.1, 0.15) is 12.7 Å². The fourth-order valence-corrected chi connectivity index (χ4v) is 1.43. The van der Waals surface area contributed by atoms with Crippen molar-refractivity contribution >= 4 is 5.69 Å². The third-order valence-electron chi connectivity index (χ3n) is 2.23. The van der Waals surface area contributed by atoms with Gasteiger partial charge in [-0.1, -0.05) is 37.3 Å². The summed E-state index contributed by atoms with van der Waals surface area (Å²) in [6, 6.07) is 9.92. The van der Waals surface area contributed by atoms with Crippen LogP contribution in [0.4, 0.5) is 5.69 Å². The van der Waals surface area contributed by atoms with Gasteiger partial charge in [0.05, 0.1) is 17.6 Å². The standard InChI is InChI=1S/C12H13N3/c1-2-11-14-8-10(13)12(15-11)9-6-4-3-5-7-9/h3-8H,2,13H2,1H3. The number of rotatable bonds is 2. The third kappa shape index (κ3) is 1.96. The van der Waals surface area contributed by atoms with Gasteiger partial charge in [-0.05, 0) is 0 Å². The van der Waals surface area contributed by atoms with Crippen molar-refractivity contribution in [2.24, 2.45) is 0 Å². The molecular weight excluding hydrogens is 186 g/mol. The lowest BCUT2D eigenvalue weighted by atomic mass is 10.1. The second-order valence-corrected chi connectivity index (χ2v) is 3.31. The average Bonchev–Trinajstić information content (AvgIpc) is 2.31. The maximum Gasteiger partial charge on any atom is 0.128 e. The maximum atomic E-state index is 5.85. The molecule has 0 radical (unpaired) electrons. The summed E-state index contributed by atoms with van der Waals surface area (Å²) in [5.74, 6) is 0.822. The Labute approximate surface area is 89.0 Å². The number of benzene rings is 1. The molecule has 1 heterocycles. The first kappa shape index (κ1) is 9.65. The quantitative estimate of drug-likeness (QED) is 0.807. The van der Waals surface area contributed by atoms with Crippen LogP contribution in [0.15, 0.2) is 36.5 Å². The second kappa shape index (κ2) is 4.09. The highest BCUT2D eigenvalue weighted by Crippen LogP contribution is 2.22. The largest absolute Gasteiger partial charge is 0.396 e. The number of nitrogen functional groups attached to an aromatic ring is 1. The van der Waals surface area contributed by atoms with Crippen molar-refractivity contribution in [2.75, 3.05) is 5.73 Å². The van der Waals surface area contributed by atoms with Crippen molar-refractivity contribution in [3.63, 3.8) is 0 Å². The molecular formula is C12H13N3. The molecule has 3 nitrogen and oxygen atoms in total. The Hall–Kier alpha value is -1.90. The molecule has 0 saturated carbocycles. The summed E-state index contributed by atoms with van der Waals surface area (Å²) >= 11 is 0. The van der Waals surface area contributed by atoms with Crippen molar-refractivity contribution in [1.82, 2.24) is 9.97 Å². The zero-order chi connectivity index (χ0) is 10.7. The normalized spacial score (nSPS) is 10.2. The lowest BCUT2D eigenvalue weighted by molar-refractivity contribution is 0.945. The van der Waals surface area contributed by atoms with Crippen LogP contribution in [0.25, 0.3) is 11.3 Å². The summed E-state index contributed by atoms with van der Waals surface area (Å²) < 4.78 is 0. The van der Waals surface area contributed by atoms with Crippen LogP contribution in [0.5, 0.6) is 0 Å². The molecule has 0 unspecified atom stereocenters. The Bertz CT molecular complexity index is 452. The van der Waals surface area contributed by atoms with Crippen LogP contribution in [0.3, 0.4) is 0 Å². The molecule has 0 aliphatic rings. The van der Waals surface area contributed by atoms with Gasteiger partial charge < -0.3 is 5.73 Å². The fraction of sp³-hybridized carbons (Fsp3) is 0.167. The maximum absolute atomic E-state index is 5.85. The van der Waals surface area contributed by atoms with E-state index in [1.54, 1.807) is 6.20 Å². The predicted molar refractivity (Wildman–Crippen MR) is 61.3 cm³/mol. The average molecular weight is 199 g/mol. The van der Waals surface area contributed by atoms with Crippen LogP contribution in [0, 0.1) is 0 Å². The first-order chi connectivity index (χ1) is 7.31. The Morgan fingerprint density at radius 1 is 1.20 bits per heavy atom. The Balaban J connectivity index is 2.52. The zero-order valence-corrected chi connectivity index (χ0v) is 8.64. The second-order valence-electron chi connectivity index (χ2n) is 3.31. The van der Waals surface area contributed by atoms with Crippen LogP contribution in [-0.2, 0) is 6.42 Å². The first-order valence-corrected chi connectivity index (χ1v) is 4.98. The van der Waals surface area contributed by atoms with Crippen molar-refractivity contribution in [3.8, 4) is 11.3 Å². The number of anilines is 1. The molecule has 0 aliphatic heterocycles. The number of nitrogens with two attached hydrogens (primary N) is 1. The van der Waals surface area contributed by atoms with Crippen LogP contribution in [-0.4, -0.2) is 9.97 Å². The smallest absolute Gasteiger partial charge is 0.128 e. The lowest BCUT2D eigenvalue weighted by Gasteiger charge is -2.05. The summed E-state index contributed by atoms with van der Waals surface area (Å²) in [7, 11) is 0. The molecule has 0 aliphatic carbocycles. The molecule has 0 bridgehead atoms. The van der Waals surface area contributed by atoms with Crippen molar-refractivity contribution in [1.29, 1.82) is 0 Å². The Morgan fingerprint density at radius 3 is 2.60 bits per heavy atom. The lowest BCUT2D eigenvalue weighted by Crippen LogP contribution is -1.99. The molecule has 0 saturated heterocycles. The summed E-state index contributed by atoms with van der Waals surface area (Å²) in [6.07, 6.45) is 2.49. The number of aryl methyl sites for hydroxylation is 1. The van der Waals surface area contributed by atoms with Gasteiger partial charge >= 0.3 is 0 Å². The van der Waals surface area contributed by atoms with Gasteiger partial charge in [0.25, 0.3) is 0 Å². The summed E-state index contributed by atoms with van der Waals surface area (Å²) in [6.45, 7) is 2.03. The van der Waals surface area contributed by atoms with Gasteiger partial charge in [0.15, 0.2) is 0 Å². The highest BCUT2D eigenvalue weighted by molar-refractivity contribution is 5.71.